The van der Waals surface area contributed by atoms with E-state index in [9.17, 15) is 8.42 Å². The molecular weight excluding hydrogens is 302 g/mol. The van der Waals surface area contributed by atoms with Crippen LogP contribution in [0.2, 0.25) is 5.02 Å². The van der Waals surface area contributed by atoms with Crippen LogP contribution in [0.3, 0.4) is 0 Å². The number of fused-ring (bicyclic) bond motifs is 1. The van der Waals surface area contributed by atoms with E-state index < -0.39 is 10.0 Å². The molecule has 1 aliphatic rings. The topological polar surface area (TPSA) is 37.4 Å². The van der Waals surface area contributed by atoms with Crippen molar-refractivity contribution in [3.05, 3.63) is 27.2 Å². The van der Waals surface area contributed by atoms with Crippen molar-refractivity contribution in [2.75, 3.05) is 17.1 Å². The van der Waals surface area contributed by atoms with Gasteiger partial charge in [-0.15, -0.1) is 0 Å². The van der Waals surface area contributed by atoms with Crippen LogP contribution < -0.4 is 4.31 Å². The Hall–Kier alpha value is -0.260. The molecule has 1 aliphatic heterocycles. The number of hydrogen-bond donors (Lipinski definition) is 0. The molecule has 0 radical (unpaired) electrons. The molecule has 0 amide bonds. The van der Waals surface area contributed by atoms with Gasteiger partial charge in [-0.1, -0.05) is 27.5 Å². The Balaban J connectivity index is 2.61. The Bertz CT molecular complexity index is 515. The van der Waals surface area contributed by atoms with Gasteiger partial charge in [-0.25, -0.2) is 8.42 Å². The minimum Gasteiger partial charge on any atom is -0.268 e. The minimum atomic E-state index is -3.22. The first kappa shape index (κ1) is 11.2. The molecule has 0 aliphatic carbocycles. The van der Waals surface area contributed by atoms with Gasteiger partial charge >= 0.3 is 0 Å². The zero-order valence-electron chi connectivity index (χ0n) is 8.00. The second kappa shape index (κ2) is 3.64. The first-order valence-corrected chi connectivity index (χ1v) is 7.37. The van der Waals surface area contributed by atoms with Gasteiger partial charge in [-0.05, 0) is 24.1 Å². The highest BCUT2D eigenvalue weighted by atomic mass is 79.9. The number of sulfonamides is 1. The summed E-state index contributed by atoms with van der Waals surface area (Å²) in [6, 6.07) is 3.62. The quantitative estimate of drug-likeness (QED) is 0.799. The lowest BCUT2D eigenvalue weighted by Gasteiger charge is -2.17. The van der Waals surface area contributed by atoms with E-state index in [1.807, 2.05) is 6.07 Å². The van der Waals surface area contributed by atoms with Crippen LogP contribution >= 0.6 is 27.5 Å². The Kier molecular flexibility index (Phi) is 2.73. The Morgan fingerprint density at radius 3 is 2.73 bits per heavy atom. The maximum absolute atomic E-state index is 11.5. The molecule has 1 aromatic rings. The molecule has 6 heteroatoms. The van der Waals surface area contributed by atoms with E-state index in [-0.39, 0.29) is 0 Å². The summed E-state index contributed by atoms with van der Waals surface area (Å²) in [6.07, 6.45) is 1.90. The highest BCUT2D eigenvalue weighted by molar-refractivity contribution is 9.10. The van der Waals surface area contributed by atoms with Gasteiger partial charge in [-0.3, -0.25) is 4.31 Å². The molecule has 1 heterocycles. The van der Waals surface area contributed by atoms with Crippen molar-refractivity contribution in [1.82, 2.24) is 0 Å². The van der Waals surface area contributed by atoms with Gasteiger partial charge in [0.2, 0.25) is 10.0 Å². The van der Waals surface area contributed by atoms with Crippen LogP contribution in [0.4, 0.5) is 5.69 Å². The van der Waals surface area contributed by atoms with E-state index in [2.05, 4.69) is 15.9 Å². The van der Waals surface area contributed by atoms with E-state index >= 15 is 0 Å². The molecule has 0 unspecified atom stereocenters. The van der Waals surface area contributed by atoms with Crippen molar-refractivity contribution in [3.8, 4) is 0 Å². The molecule has 0 fully saturated rings. The van der Waals surface area contributed by atoms with Gasteiger partial charge in [0.1, 0.15) is 0 Å². The molecule has 0 saturated carbocycles. The van der Waals surface area contributed by atoms with Crippen LogP contribution in [-0.4, -0.2) is 21.2 Å². The van der Waals surface area contributed by atoms with Gasteiger partial charge in [0, 0.05) is 11.0 Å². The molecule has 0 spiro atoms. The Labute approximate surface area is 102 Å². The molecule has 82 valence electrons. The first-order chi connectivity index (χ1) is 6.89. The summed E-state index contributed by atoms with van der Waals surface area (Å²) < 4.78 is 25.2. The largest absolute Gasteiger partial charge is 0.268 e. The third-order valence-electron chi connectivity index (χ3n) is 2.34. The van der Waals surface area contributed by atoms with E-state index in [0.717, 1.165) is 10.0 Å². The number of hydrogen-bond acceptors (Lipinski definition) is 2. The summed E-state index contributed by atoms with van der Waals surface area (Å²) >= 11 is 9.37. The highest BCUT2D eigenvalue weighted by Gasteiger charge is 2.28. The molecule has 1 aromatic carbocycles. The molecule has 0 N–H and O–H groups in total. The average molecular weight is 311 g/mol. The van der Waals surface area contributed by atoms with Crippen LogP contribution in [-0.2, 0) is 16.4 Å². The van der Waals surface area contributed by atoms with E-state index in [0.29, 0.717) is 23.7 Å². The molecule has 0 saturated heterocycles. The highest BCUT2D eigenvalue weighted by Crippen LogP contribution is 2.38. The maximum atomic E-state index is 11.5. The van der Waals surface area contributed by atoms with Crippen LogP contribution in [0.25, 0.3) is 0 Å². The summed E-state index contributed by atoms with van der Waals surface area (Å²) in [5, 5.41) is 0.474. The first-order valence-electron chi connectivity index (χ1n) is 4.35. The van der Waals surface area contributed by atoms with Crippen LogP contribution in [0.15, 0.2) is 16.6 Å². The monoisotopic (exact) mass is 309 g/mol. The van der Waals surface area contributed by atoms with E-state index in [1.165, 1.54) is 10.6 Å². The number of benzene rings is 1. The number of halogens is 2. The summed E-state index contributed by atoms with van der Waals surface area (Å²) in [7, 11) is -3.22. The average Bonchev–Trinajstić information content (AvgIpc) is 2.45. The summed E-state index contributed by atoms with van der Waals surface area (Å²) in [5.74, 6) is 0. The van der Waals surface area contributed by atoms with Crippen LogP contribution in [0, 0.1) is 0 Å². The zero-order valence-corrected chi connectivity index (χ0v) is 11.2. The van der Waals surface area contributed by atoms with Gasteiger partial charge in [0.05, 0.1) is 17.0 Å². The molecule has 2 rings (SSSR count). The second-order valence-electron chi connectivity index (χ2n) is 3.48. The third-order valence-corrected chi connectivity index (χ3v) is 4.25. The van der Waals surface area contributed by atoms with Crippen molar-refractivity contribution in [2.24, 2.45) is 0 Å². The molecule has 0 bridgehead atoms. The maximum Gasteiger partial charge on any atom is 0.232 e. The predicted octanol–water partition coefficient (Wildman–Crippen LogP) is 2.42. The fourth-order valence-corrected chi connectivity index (χ4v) is 3.75. The fraction of sp³-hybridized carbons (Fsp3) is 0.333. The smallest absolute Gasteiger partial charge is 0.232 e. The van der Waals surface area contributed by atoms with Gasteiger partial charge in [0.15, 0.2) is 0 Å². The normalized spacial score (nSPS) is 15.5. The second-order valence-corrected chi connectivity index (χ2v) is 6.71. The zero-order chi connectivity index (χ0) is 11.2. The number of anilines is 1. The lowest BCUT2D eigenvalue weighted by Crippen LogP contribution is -2.27. The minimum absolute atomic E-state index is 0.474. The lowest BCUT2D eigenvalue weighted by molar-refractivity contribution is 0.598. The van der Waals surface area contributed by atoms with Gasteiger partial charge < -0.3 is 0 Å². The number of nitrogens with zero attached hydrogens (tertiary/aromatic N) is 1. The van der Waals surface area contributed by atoms with Crippen LogP contribution in [0.5, 0.6) is 0 Å². The Morgan fingerprint density at radius 1 is 1.47 bits per heavy atom. The SMILES string of the molecule is CS(=O)(=O)N1CCc2cc(Br)cc(Cl)c21. The van der Waals surface area contributed by atoms with E-state index in [4.69, 9.17) is 11.6 Å². The summed E-state index contributed by atoms with van der Waals surface area (Å²) in [5.41, 5.74) is 1.60. The molecular formula is C9H9BrClNO2S. The van der Waals surface area contributed by atoms with E-state index in [1.54, 1.807) is 6.07 Å². The van der Waals surface area contributed by atoms with Crippen molar-refractivity contribution in [1.29, 1.82) is 0 Å². The third kappa shape index (κ3) is 2.00. The van der Waals surface area contributed by atoms with Crippen molar-refractivity contribution >= 4 is 43.2 Å². The Morgan fingerprint density at radius 2 is 2.13 bits per heavy atom. The molecule has 3 nitrogen and oxygen atoms in total. The van der Waals surface area contributed by atoms with Crippen molar-refractivity contribution in [2.45, 2.75) is 6.42 Å². The summed E-state index contributed by atoms with van der Waals surface area (Å²) in [4.78, 5) is 0. The van der Waals surface area contributed by atoms with Crippen molar-refractivity contribution < 1.29 is 8.42 Å². The number of rotatable bonds is 1. The molecule has 0 aromatic heterocycles. The fourth-order valence-electron chi connectivity index (χ4n) is 1.75. The predicted molar refractivity (Wildman–Crippen MR) is 65.0 cm³/mol. The van der Waals surface area contributed by atoms with Crippen LogP contribution in [0.1, 0.15) is 5.56 Å². The van der Waals surface area contributed by atoms with Gasteiger partial charge in [0.25, 0.3) is 0 Å². The molecule has 0 atom stereocenters. The van der Waals surface area contributed by atoms with Crippen molar-refractivity contribution in [3.63, 3.8) is 0 Å². The molecule has 15 heavy (non-hydrogen) atoms. The lowest BCUT2D eigenvalue weighted by atomic mass is 10.2. The standard InChI is InChI=1S/C9H9BrClNO2S/c1-15(13,14)12-3-2-6-4-7(10)5-8(11)9(6)12/h4-5H,2-3H2,1H3. The van der Waals surface area contributed by atoms with Gasteiger partial charge in [-0.2, -0.15) is 0 Å². The summed E-state index contributed by atoms with van der Waals surface area (Å²) in [6.45, 7) is 0.477.